The van der Waals surface area contributed by atoms with Gasteiger partial charge < -0.3 is 9.84 Å². The maximum atomic E-state index is 11.9. The maximum Gasteiger partial charge on any atom is 0.238 e. The number of anilines is 1. The van der Waals surface area contributed by atoms with E-state index in [4.69, 9.17) is 4.52 Å². The van der Waals surface area contributed by atoms with Crippen molar-refractivity contribution in [3.8, 4) is 0 Å². The van der Waals surface area contributed by atoms with Gasteiger partial charge >= 0.3 is 0 Å². The van der Waals surface area contributed by atoms with Gasteiger partial charge in [0.2, 0.25) is 5.91 Å². The number of nitrogens with zero attached hydrogens (tertiary/aromatic N) is 2. The maximum absolute atomic E-state index is 11.9. The van der Waals surface area contributed by atoms with Crippen molar-refractivity contribution in [2.75, 3.05) is 5.32 Å². The molecule has 0 unspecified atom stereocenters. The third kappa shape index (κ3) is 3.33. The largest absolute Gasteiger partial charge is 0.360 e. The van der Waals surface area contributed by atoms with Crippen LogP contribution in [-0.4, -0.2) is 21.3 Å². The number of carbonyl (C=O) groups excluding carboxylic acids is 1. The minimum absolute atomic E-state index is 0.126. The van der Waals surface area contributed by atoms with Gasteiger partial charge in [0.05, 0.1) is 10.3 Å². The van der Waals surface area contributed by atoms with Gasteiger partial charge in [0.25, 0.3) is 0 Å². The summed E-state index contributed by atoms with van der Waals surface area (Å²) >= 11 is 1.40. The van der Waals surface area contributed by atoms with Crippen LogP contribution in [0.4, 0.5) is 5.82 Å². The number of pyridine rings is 1. The highest BCUT2D eigenvalue weighted by Crippen LogP contribution is 2.21. The lowest BCUT2D eigenvalue weighted by Gasteiger charge is -2.09. The van der Waals surface area contributed by atoms with Gasteiger partial charge in [0, 0.05) is 12.3 Å². The van der Waals surface area contributed by atoms with Crippen molar-refractivity contribution in [1.29, 1.82) is 0 Å². The molecule has 2 heterocycles. The van der Waals surface area contributed by atoms with Gasteiger partial charge in [0.15, 0.2) is 5.82 Å². The Morgan fingerprint density at radius 3 is 2.94 bits per heavy atom. The highest BCUT2D eigenvalue weighted by atomic mass is 32.2. The van der Waals surface area contributed by atoms with Gasteiger partial charge in [-0.05, 0) is 26.0 Å². The molecule has 0 fully saturated rings. The minimum Gasteiger partial charge on any atom is -0.360 e. The molecule has 0 aromatic carbocycles. The number of carbonyl (C=O) groups is 1. The van der Waals surface area contributed by atoms with Crippen LogP contribution in [0.2, 0.25) is 0 Å². The lowest BCUT2D eigenvalue weighted by molar-refractivity contribution is -0.115. The summed E-state index contributed by atoms with van der Waals surface area (Å²) < 4.78 is 4.88. The Labute approximate surface area is 109 Å². The summed E-state index contributed by atoms with van der Waals surface area (Å²) in [7, 11) is 0. The molecule has 2 aromatic heterocycles. The van der Waals surface area contributed by atoms with Crippen molar-refractivity contribution in [2.24, 2.45) is 0 Å². The van der Waals surface area contributed by atoms with Crippen LogP contribution in [0.25, 0.3) is 0 Å². The Kier molecular flexibility index (Phi) is 3.99. The highest BCUT2D eigenvalue weighted by molar-refractivity contribution is 8.00. The van der Waals surface area contributed by atoms with E-state index >= 15 is 0 Å². The fourth-order valence-corrected chi connectivity index (χ4v) is 2.11. The number of aromatic nitrogens is 2. The molecule has 1 atom stereocenters. The molecule has 0 saturated heterocycles. The number of rotatable bonds is 4. The topological polar surface area (TPSA) is 68.0 Å². The van der Waals surface area contributed by atoms with Gasteiger partial charge in [-0.25, -0.2) is 4.98 Å². The smallest absolute Gasteiger partial charge is 0.238 e. The molecule has 18 heavy (non-hydrogen) atoms. The predicted molar refractivity (Wildman–Crippen MR) is 69.4 cm³/mol. The summed E-state index contributed by atoms with van der Waals surface area (Å²) in [4.78, 5) is 16.0. The van der Waals surface area contributed by atoms with Crippen LogP contribution < -0.4 is 5.32 Å². The van der Waals surface area contributed by atoms with Crippen LogP contribution in [0.5, 0.6) is 0 Å². The zero-order valence-corrected chi connectivity index (χ0v) is 10.9. The van der Waals surface area contributed by atoms with Gasteiger partial charge in [0.1, 0.15) is 5.76 Å². The first-order valence-corrected chi connectivity index (χ1v) is 6.35. The van der Waals surface area contributed by atoms with Crippen LogP contribution in [0.15, 0.2) is 40.0 Å². The fraction of sp³-hybridized carbons (Fsp3) is 0.250. The molecule has 0 aliphatic carbocycles. The quantitative estimate of drug-likeness (QED) is 0.858. The van der Waals surface area contributed by atoms with Crippen molar-refractivity contribution < 1.29 is 9.32 Å². The zero-order chi connectivity index (χ0) is 13.0. The molecule has 0 aliphatic heterocycles. The second-order valence-corrected chi connectivity index (χ2v) is 5.10. The molecule has 1 N–H and O–H groups in total. The van der Waals surface area contributed by atoms with Crippen molar-refractivity contribution >= 4 is 23.5 Å². The molecule has 94 valence electrons. The van der Waals surface area contributed by atoms with Crippen LogP contribution >= 0.6 is 11.8 Å². The number of hydrogen-bond acceptors (Lipinski definition) is 5. The number of hydrogen-bond donors (Lipinski definition) is 1. The molecule has 0 saturated carbocycles. The van der Waals surface area contributed by atoms with E-state index in [1.807, 2.05) is 25.1 Å². The Morgan fingerprint density at radius 2 is 2.33 bits per heavy atom. The van der Waals surface area contributed by atoms with Crippen molar-refractivity contribution in [1.82, 2.24) is 10.1 Å². The average Bonchev–Trinajstić information content (AvgIpc) is 2.76. The molecule has 0 aliphatic rings. The first-order valence-electron chi connectivity index (χ1n) is 5.47. The molecule has 2 aromatic rings. The van der Waals surface area contributed by atoms with E-state index < -0.39 is 0 Å². The van der Waals surface area contributed by atoms with Crippen molar-refractivity contribution in [3.63, 3.8) is 0 Å². The van der Waals surface area contributed by atoms with Crippen LogP contribution in [0.3, 0.4) is 0 Å². The van der Waals surface area contributed by atoms with Crippen LogP contribution in [0.1, 0.15) is 12.7 Å². The van der Waals surface area contributed by atoms with E-state index in [9.17, 15) is 4.79 Å². The molecule has 0 spiro atoms. The van der Waals surface area contributed by atoms with E-state index in [1.165, 1.54) is 11.8 Å². The fourth-order valence-electron chi connectivity index (χ4n) is 1.30. The van der Waals surface area contributed by atoms with E-state index in [1.54, 1.807) is 19.2 Å². The molecular weight excluding hydrogens is 250 g/mol. The van der Waals surface area contributed by atoms with Gasteiger partial charge in [-0.15, -0.1) is 0 Å². The average molecular weight is 263 g/mol. The third-order valence-electron chi connectivity index (χ3n) is 2.18. The van der Waals surface area contributed by atoms with Crippen LogP contribution in [-0.2, 0) is 4.79 Å². The number of thioether (sulfide) groups is 1. The van der Waals surface area contributed by atoms with Gasteiger partial charge in [-0.2, -0.15) is 0 Å². The Morgan fingerprint density at radius 1 is 1.50 bits per heavy atom. The van der Waals surface area contributed by atoms with Crippen LogP contribution in [0, 0.1) is 6.92 Å². The van der Waals surface area contributed by atoms with Gasteiger partial charge in [-0.3, -0.25) is 4.79 Å². The van der Waals surface area contributed by atoms with Gasteiger partial charge in [-0.1, -0.05) is 23.0 Å². The normalized spacial score (nSPS) is 12.1. The second kappa shape index (κ2) is 5.68. The first kappa shape index (κ1) is 12.6. The second-order valence-electron chi connectivity index (χ2n) is 3.74. The number of aryl methyl sites for hydroxylation is 1. The summed E-state index contributed by atoms with van der Waals surface area (Å²) in [5.41, 5.74) is 0. The Balaban J connectivity index is 1.93. The van der Waals surface area contributed by atoms with E-state index in [0.717, 1.165) is 5.03 Å². The van der Waals surface area contributed by atoms with E-state index in [2.05, 4.69) is 15.5 Å². The Hall–Kier alpha value is -1.82. The summed E-state index contributed by atoms with van der Waals surface area (Å²) in [5.74, 6) is 0.972. The summed E-state index contributed by atoms with van der Waals surface area (Å²) in [6.07, 6.45) is 1.70. The lowest BCUT2D eigenvalue weighted by Crippen LogP contribution is -2.22. The molecule has 2 rings (SSSR count). The van der Waals surface area contributed by atoms with Crippen molar-refractivity contribution in [3.05, 3.63) is 36.2 Å². The molecule has 0 bridgehead atoms. The zero-order valence-electron chi connectivity index (χ0n) is 10.1. The molecule has 5 nitrogen and oxygen atoms in total. The number of amides is 1. The first-order chi connectivity index (χ1) is 8.65. The SMILES string of the molecule is Cc1cc(NC(=O)[C@H](C)Sc2ccccn2)no1. The number of nitrogens with one attached hydrogen (secondary N) is 1. The lowest BCUT2D eigenvalue weighted by atomic mass is 10.4. The van der Waals surface area contributed by atoms with E-state index in [-0.39, 0.29) is 11.2 Å². The molecular formula is C12H13N3O2S. The standard InChI is InChI=1S/C12H13N3O2S/c1-8-7-10(15-17-8)14-12(16)9(2)18-11-5-3-4-6-13-11/h3-7,9H,1-2H3,(H,14,15,16)/t9-/m0/s1. The summed E-state index contributed by atoms with van der Waals surface area (Å²) in [6, 6.07) is 7.28. The Bertz CT molecular complexity index is 527. The molecule has 6 heteroatoms. The third-order valence-corrected chi connectivity index (χ3v) is 3.23. The summed E-state index contributed by atoms with van der Waals surface area (Å²) in [6.45, 7) is 3.59. The predicted octanol–water partition coefficient (Wildman–Crippen LogP) is 2.50. The monoisotopic (exact) mass is 263 g/mol. The summed E-state index contributed by atoms with van der Waals surface area (Å²) in [5, 5.41) is 6.97. The minimum atomic E-state index is -0.253. The highest BCUT2D eigenvalue weighted by Gasteiger charge is 2.16. The van der Waals surface area contributed by atoms with E-state index in [0.29, 0.717) is 11.6 Å². The molecule has 1 amide bonds. The molecule has 0 radical (unpaired) electrons. The van der Waals surface area contributed by atoms with Crippen molar-refractivity contribution in [2.45, 2.75) is 24.1 Å².